The lowest BCUT2D eigenvalue weighted by atomic mass is 10.3. The minimum atomic E-state index is 0.214. The first-order chi connectivity index (χ1) is 9.15. The lowest BCUT2D eigenvalue weighted by Gasteiger charge is -2.13. The molecule has 2 aromatic rings. The average molecular weight is 261 g/mol. The van der Waals surface area contributed by atoms with Gasteiger partial charge in [-0.2, -0.15) is 4.98 Å². The van der Waals surface area contributed by atoms with Crippen molar-refractivity contribution in [1.29, 1.82) is 0 Å². The Morgan fingerprint density at radius 1 is 0.947 bits per heavy atom. The Bertz CT molecular complexity index is 565. The van der Waals surface area contributed by atoms with Crippen LogP contribution in [0.5, 0.6) is 23.1 Å². The zero-order valence-corrected chi connectivity index (χ0v) is 10.7. The van der Waals surface area contributed by atoms with Crippen molar-refractivity contribution in [3.63, 3.8) is 0 Å². The lowest BCUT2D eigenvalue weighted by Crippen LogP contribution is -2.00. The number of nitrogens with zero attached hydrogens (tertiary/aromatic N) is 1. The molecule has 0 amide bonds. The predicted octanol–water partition coefficient (Wildman–Crippen LogP) is 2.06. The summed E-state index contributed by atoms with van der Waals surface area (Å²) in [5.41, 5.74) is 11.6. The average Bonchev–Trinajstić information content (AvgIpc) is 2.43. The van der Waals surface area contributed by atoms with Crippen molar-refractivity contribution in [2.24, 2.45) is 0 Å². The standard InChI is InChI=1S/C13H15N3O3/c1-17-9-4-3-5-10(18-2)12(9)19-11-7-6-8(14)13(15)16-11/h3-7H,14H2,1-2H3,(H2,15,16). The van der Waals surface area contributed by atoms with Gasteiger partial charge in [0.25, 0.3) is 0 Å². The highest BCUT2D eigenvalue weighted by atomic mass is 16.5. The highest BCUT2D eigenvalue weighted by molar-refractivity contribution is 5.59. The largest absolute Gasteiger partial charge is 0.493 e. The molecule has 4 N–H and O–H groups in total. The van der Waals surface area contributed by atoms with Gasteiger partial charge in [-0.1, -0.05) is 6.07 Å². The molecule has 0 aliphatic rings. The van der Waals surface area contributed by atoms with Crippen molar-refractivity contribution in [3.05, 3.63) is 30.3 Å². The van der Waals surface area contributed by atoms with E-state index in [0.29, 0.717) is 28.8 Å². The molecule has 19 heavy (non-hydrogen) atoms. The first-order valence-electron chi connectivity index (χ1n) is 5.56. The predicted molar refractivity (Wildman–Crippen MR) is 72.7 cm³/mol. The lowest BCUT2D eigenvalue weighted by molar-refractivity contribution is 0.342. The molecule has 0 aliphatic heterocycles. The molecule has 0 fully saturated rings. The molecule has 0 saturated heterocycles. The van der Waals surface area contributed by atoms with Crippen molar-refractivity contribution in [2.45, 2.75) is 0 Å². The third-order valence-electron chi connectivity index (χ3n) is 2.52. The summed E-state index contributed by atoms with van der Waals surface area (Å²) in [7, 11) is 3.10. The van der Waals surface area contributed by atoms with E-state index in [1.807, 2.05) is 0 Å². The van der Waals surface area contributed by atoms with Crippen LogP contribution in [0.3, 0.4) is 0 Å². The quantitative estimate of drug-likeness (QED) is 0.875. The number of aromatic nitrogens is 1. The Hall–Kier alpha value is -2.63. The van der Waals surface area contributed by atoms with Crippen molar-refractivity contribution < 1.29 is 14.2 Å². The maximum atomic E-state index is 5.66. The first kappa shape index (κ1) is 12.8. The molecule has 1 aromatic carbocycles. The molecule has 0 radical (unpaired) electrons. The van der Waals surface area contributed by atoms with Crippen LogP contribution in [0.25, 0.3) is 0 Å². The Kier molecular flexibility index (Phi) is 3.61. The summed E-state index contributed by atoms with van der Waals surface area (Å²) in [6.45, 7) is 0. The number of ether oxygens (including phenoxy) is 3. The fourth-order valence-corrected chi connectivity index (χ4v) is 1.55. The second-order valence-electron chi connectivity index (χ2n) is 3.72. The van der Waals surface area contributed by atoms with Gasteiger partial charge >= 0.3 is 0 Å². The van der Waals surface area contributed by atoms with Gasteiger partial charge in [-0.15, -0.1) is 0 Å². The van der Waals surface area contributed by atoms with E-state index in [2.05, 4.69) is 4.98 Å². The normalized spacial score (nSPS) is 10.0. The number of rotatable bonds is 4. The molecule has 6 nitrogen and oxygen atoms in total. The SMILES string of the molecule is COc1cccc(OC)c1Oc1ccc(N)c(N)n1. The van der Waals surface area contributed by atoms with E-state index in [0.717, 1.165) is 0 Å². The number of methoxy groups -OCH3 is 2. The Morgan fingerprint density at radius 2 is 1.58 bits per heavy atom. The number of hydrogen-bond donors (Lipinski definition) is 2. The van der Waals surface area contributed by atoms with Crippen molar-refractivity contribution in [2.75, 3.05) is 25.7 Å². The molecule has 1 heterocycles. The molecular formula is C13H15N3O3. The molecule has 1 aromatic heterocycles. The van der Waals surface area contributed by atoms with E-state index in [-0.39, 0.29) is 5.82 Å². The minimum absolute atomic E-state index is 0.214. The molecule has 0 bridgehead atoms. The third kappa shape index (κ3) is 2.62. The van der Waals surface area contributed by atoms with E-state index >= 15 is 0 Å². The Balaban J connectivity index is 2.39. The highest BCUT2D eigenvalue weighted by Gasteiger charge is 2.13. The molecular weight excluding hydrogens is 246 g/mol. The van der Waals surface area contributed by atoms with Gasteiger partial charge in [-0.05, 0) is 18.2 Å². The number of nitrogens with two attached hydrogens (primary N) is 2. The van der Waals surface area contributed by atoms with E-state index in [9.17, 15) is 0 Å². The van der Waals surface area contributed by atoms with Gasteiger partial charge in [0.05, 0.1) is 19.9 Å². The zero-order valence-electron chi connectivity index (χ0n) is 10.7. The monoisotopic (exact) mass is 261 g/mol. The summed E-state index contributed by atoms with van der Waals surface area (Å²) in [5.74, 6) is 2.04. The Morgan fingerprint density at radius 3 is 2.11 bits per heavy atom. The number of nitrogen functional groups attached to an aromatic ring is 2. The number of benzene rings is 1. The smallest absolute Gasteiger partial charge is 0.221 e. The van der Waals surface area contributed by atoms with Crippen molar-refractivity contribution >= 4 is 11.5 Å². The van der Waals surface area contributed by atoms with Crippen LogP contribution in [0.1, 0.15) is 0 Å². The molecule has 6 heteroatoms. The van der Waals surface area contributed by atoms with Gasteiger partial charge in [0.15, 0.2) is 17.3 Å². The van der Waals surface area contributed by atoms with E-state index in [1.54, 1.807) is 44.6 Å². The molecule has 0 atom stereocenters. The summed E-state index contributed by atoms with van der Waals surface area (Å²) in [5, 5.41) is 0. The van der Waals surface area contributed by atoms with Gasteiger partial charge in [0.2, 0.25) is 11.6 Å². The van der Waals surface area contributed by atoms with E-state index in [4.69, 9.17) is 25.7 Å². The number of anilines is 2. The van der Waals surface area contributed by atoms with Crippen molar-refractivity contribution in [3.8, 4) is 23.1 Å². The van der Waals surface area contributed by atoms with Gasteiger partial charge in [-0.25, -0.2) is 0 Å². The number of para-hydroxylation sites is 1. The second kappa shape index (κ2) is 5.34. The van der Waals surface area contributed by atoms with Gasteiger partial charge in [0, 0.05) is 6.07 Å². The van der Waals surface area contributed by atoms with Crippen molar-refractivity contribution in [1.82, 2.24) is 4.98 Å². The van der Waals surface area contributed by atoms with E-state index in [1.165, 1.54) is 0 Å². The third-order valence-corrected chi connectivity index (χ3v) is 2.52. The van der Waals surface area contributed by atoms with Crippen LogP contribution in [-0.2, 0) is 0 Å². The summed E-state index contributed by atoms with van der Waals surface area (Å²) < 4.78 is 16.1. The number of hydrogen-bond acceptors (Lipinski definition) is 6. The maximum absolute atomic E-state index is 5.66. The second-order valence-corrected chi connectivity index (χ2v) is 3.72. The van der Waals surface area contributed by atoms with Crippen LogP contribution in [0.15, 0.2) is 30.3 Å². The van der Waals surface area contributed by atoms with Crippen LogP contribution in [-0.4, -0.2) is 19.2 Å². The molecule has 0 saturated carbocycles. The summed E-state index contributed by atoms with van der Waals surface area (Å²) >= 11 is 0. The summed E-state index contributed by atoms with van der Waals surface area (Å²) in [6, 6.07) is 8.57. The first-order valence-corrected chi connectivity index (χ1v) is 5.56. The van der Waals surface area contributed by atoms with Gasteiger partial charge in [0.1, 0.15) is 0 Å². The van der Waals surface area contributed by atoms with Crippen LogP contribution >= 0.6 is 0 Å². The fraction of sp³-hybridized carbons (Fsp3) is 0.154. The molecule has 100 valence electrons. The van der Waals surface area contributed by atoms with Crippen LogP contribution < -0.4 is 25.7 Å². The van der Waals surface area contributed by atoms with Gasteiger partial charge < -0.3 is 25.7 Å². The Labute approximate surface area is 110 Å². The molecule has 0 unspecified atom stereocenters. The molecule has 0 spiro atoms. The minimum Gasteiger partial charge on any atom is -0.493 e. The molecule has 0 aliphatic carbocycles. The highest BCUT2D eigenvalue weighted by Crippen LogP contribution is 2.39. The topological polar surface area (TPSA) is 92.6 Å². The zero-order chi connectivity index (χ0) is 13.8. The fourth-order valence-electron chi connectivity index (χ4n) is 1.55. The van der Waals surface area contributed by atoms with Crippen LogP contribution in [0.4, 0.5) is 11.5 Å². The molecule has 2 rings (SSSR count). The maximum Gasteiger partial charge on any atom is 0.221 e. The van der Waals surface area contributed by atoms with Crippen LogP contribution in [0.2, 0.25) is 0 Å². The summed E-state index contributed by atoms with van der Waals surface area (Å²) in [4.78, 5) is 4.04. The van der Waals surface area contributed by atoms with E-state index < -0.39 is 0 Å². The summed E-state index contributed by atoms with van der Waals surface area (Å²) in [6.07, 6.45) is 0. The number of pyridine rings is 1. The van der Waals surface area contributed by atoms with Gasteiger partial charge in [-0.3, -0.25) is 0 Å². The van der Waals surface area contributed by atoms with Crippen LogP contribution in [0, 0.1) is 0 Å².